The minimum atomic E-state index is -0.256. The van der Waals surface area contributed by atoms with Crippen LogP contribution in [0.3, 0.4) is 0 Å². The van der Waals surface area contributed by atoms with Gasteiger partial charge in [0.25, 0.3) is 5.91 Å². The lowest BCUT2D eigenvalue weighted by Crippen LogP contribution is -2.48. The second-order valence-electron chi connectivity index (χ2n) is 8.85. The molecule has 2 saturated heterocycles. The highest BCUT2D eigenvalue weighted by Crippen LogP contribution is 2.37. The predicted molar refractivity (Wildman–Crippen MR) is 118 cm³/mol. The predicted octanol–water partition coefficient (Wildman–Crippen LogP) is 3.12. The van der Waals surface area contributed by atoms with Gasteiger partial charge in [0.05, 0.1) is 6.61 Å². The van der Waals surface area contributed by atoms with Crippen LogP contribution in [0.5, 0.6) is 5.75 Å². The van der Waals surface area contributed by atoms with Crippen molar-refractivity contribution in [1.82, 2.24) is 19.6 Å². The Hall–Kier alpha value is -2.83. The van der Waals surface area contributed by atoms with Crippen molar-refractivity contribution < 1.29 is 14.3 Å². The van der Waals surface area contributed by atoms with E-state index in [0.29, 0.717) is 31.8 Å². The highest BCUT2D eigenvalue weighted by atomic mass is 16.5. The number of para-hydroxylation sites is 1. The molecule has 3 heterocycles. The third-order valence-electron chi connectivity index (χ3n) is 6.67. The molecule has 7 nitrogen and oxygen atoms in total. The van der Waals surface area contributed by atoms with Gasteiger partial charge in [0.15, 0.2) is 0 Å². The maximum Gasteiger partial charge on any atom is 0.272 e. The van der Waals surface area contributed by atoms with Crippen molar-refractivity contribution in [3.8, 4) is 5.75 Å². The third kappa shape index (κ3) is 5.09. The first-order valence-electron chi connectivity index (χ1n) is 11.3. The van der Waals surface area contributed by atoms with Crippen LogP contribution in [0.4, 0.5) is 0 Å². The number of rotatable bonds is 6. The number of carbonyl (C=O) groups excluding carboxylic acids is 2. The van der Waals surface area contributed by atoms with Crippen LogP contribution < -0.4 is 4.74 Å². The minimum absolute atomic E-state index is 0.0000604. The molecule has 0 N–H and O–H groups in total. The standard InChI is InChI=1S/C24H32N4O3/c1-26-21(10-13-25-26)23(30)28-16-11-24(12-17-28,19-31-20-8-4-2-5-9-20)18-22(29)27-14-6-3-7-15-27/h2,4-5,8-10,13H,3,6-7,11-12,14-19H2,1H3. The van der Waals surface area contributed by atoms with Gasteiger partial charge in [0, 0.05) is 51.3 Å². The van der Waals surface area contributed by atoms with E-state index in [2.05, 4.69) is 5.10 Å². The molecule has 1 aromatic carbocycles. The van der Waals surface area contributed by atoms with Crippen molar-refractivity contribution >= 4 is 11.8 Å². The summed E-state index contributed by atoms with van der Waals surface area (Å²) >= 11 is 0. The van der Waals surface area contributed by atoms with Crippen LogP contribution in [0.2, 0.25) is 0 Å². The summed E-state index contributed by atoms with van der Waals surface area (Å²) in [6, 6.07) is 11.5. The molecule has 166 valence electrons. The summed E-state index contributed by atoms with van der Waals surface area (Å²) in [6.45, 7) is 3.45. The van der Waals surface area contributed by atoms with E-state index in [1.165, 1.54) is 6.42 Å². The molecule has 2 aliphatic heterocycles. The van der Waals surface area contributed by atoms with Gasteiger partial charge in [-0.2, -0.15) is 5.10 Å². The largest absolute Gasteiger partial charge is 0.493 e. The summed E-state index contributed by atoms with van der Waals surface area (Å²) in [5.74, 6) is 1.04. The molecule has 2 amide bonds. The van der Waals surface area contributed by atoms with Crippen LogP contribution in [0.25, 0.3) is 0 Å². The fourth-order valence-electron chi connectivity index (χ4n) is 4.63. The Morgan fingerprint density at radius 2 is 1.68 bits per heavy atom. The van der Waals surface area contributed by atoms with E-state index in [1.807, 2.05) is 40.1 Å². The summed E-state index contributed by atoms with van der Waals surface area (Å²) in [5, 5.41) is 4.11. The van der Waals surface area contributed by atoms with Crippen LogP contribution in [0.1, 0.15) is 49.0 Å². The molecule has 4 rings (SSSR count). The Morgan fingerprint density at radius 3 is 2.32 bits per heavy atom. The Morgan fingerprint density at radius 1 is 0.968 bits per heavy atom. The lowest BCUT2D eigenvalue weighted by atomic mass is 9.75. The zero-order valence-electron chi connectivity index (χ0n) is 18.3. The Bertz CT molecular complexity index is 881. The van der Waals surface area contributed by atoms with E-state index in [0.717, 1.165) is 44.5 Å². The smallest absolute Gasteiger partial charge is 0.272 e. The number of hydrogen-bond donors (Lipinski definition) is 0. The molecule has 2 aliphatic rings. The maximum absolute atomic E-state index is 13.1. The molecule has 0 bridgehead atoms. The lowest BCUT2D eigenvalue weighted by Gasteiger charge is -2.42. The summed E-state index contributed by atoms with van der Waals surface area (Å²) in [7, 11) is 1.78. The average Bonchev–Trinajstić information content (AvgIpc) is 3.25. The minimum Gasteiger partial charge on any atom is -0.493 e. The fraction of sp³-hybridized carbons (Fsp3) is 0.542. The van der Waals surface area contributed by atoms with Crippen molar-refractivity contribution in [2.45, 2.75) is 38.5 Å². The van der Waals surface area contributed by atoms with Crippen molar-refractivity contribution in [1.29, 1.82) is 0 Å². The van der Waals surface area contributed by atoms with Crippen LogP contribution in [0, 0.1) is 5.41 Å². The van der Waals surface area contributed by atoms with Gasteiger partial charge < -0.3 is 14.5 Å². The first kappa shape index (κ1) is 21.4. The fourth-order valence-corrected chi connectivity index (χ4v) is 4.63. The quantitative estimate of drug-likeness (QED) is 0.715. The molecule has 0 saturated carbocycles. The van der Waals surface area contributed by atoms with Crippen molar-refractivity contribution in [2.24, 2.45) is 12.5 Å². The molecule has 0 spiro atoms. The van der Waals surface area contributed by atoms with Gasteiger partial charge in [-0.05, 0) is 50.3 Å². The topological polar surface area (TPSA) is 67.7 Å². The molecule has 2 fully saturated rings. The van der Waals surface area contributed by atoms with Crippen LogP contribution in [-0.2, 0) is 11.8 Å². The number of ether oxygens (including phenoxy) is 1. The monoisotopic (exact) mass is 424 g/mol. The van der Waals surface area contributed by atoms with Crippen molar-refractivity contribution in [3.05, 3.63) is 48.3 Å². The van der Waals surface area contributed by atoms with E-state index < -0.39 is 0 Å². The number of likely N-dealkylation sites (tertiary alicyclic amines) is 2. The first-order valence-corrected chi connectivity index (χ1v) is 11.3. The second kappa shape index (κ2) is 9.54. The zero-order chi connectivity index (χ0) is 21.7. The average molecular weight is 425 g/mol. The van der Waals surface area contributed by atoms with Gasteiger partial charge in [-0.1, -0.05) is 18.2 Å². The van der Waals surface area contributed by atoms with Crippen LogP contribution in [-0.4, -0.2) is 64.2 Å². The third-order valence-corrected chi connectivity index (χ3v) is 6.67. The van der Waals surface area contributed by atoms with E-state index in [1.54, 1.807) is 24.0 Å². The summed E-state index contributed by atoms with van der Waals surface area (Å²) in [4.78, 5) is 29.9. The van der Waals surface area contributed by atoms with Gasteiger partial charge in [-0.15, -0.1) is 0 Å². The molecule has 1 aromatic heterocycles. The number of carbonyl (C=O) groups is 2. The zero-order valence-corrected chi connectivity index (χ0v) is 18.3. The van der Waals surface area contributed by atoms with Gasteiger partial charge in [-0.25, -0.2) is 0 Å². The highest BCUT2D eigenvalue weighted by molar-refractivity contribution is 5.92. The molecule has 2 aromatic rings. The lowest BCUT2D eigenvalue weighted by molar-refractivity contribution is -0.136. The molecule has 0 radical (unpaired) electrons. The number of benzene rings is 1. The van der Waals surface area contributed by atoms with E-state index in [-0.39, 0.29) is 17.2 Å². The number of hydrogen-bond acceptors (Lipinski definition) is 4. The van der Waals surface area contributed by atoms with Crippen molar-refractivity contribution in [2.75, 3.05) is 32.8 Å². The summed E-state index contributed by atoms with van der Waals surface area (Å²) in [6.07, 6.45) is 7.02. The van der Waals surface area contributed by atoms with Crippen LogP contribution in [0.15, 0.2) is 42.6 Å². The Balaban J connectivity index is 1.44. The maximum atomic E-state index is 13.1. The van der Waals surface area contributed by atoms with Gasteiger partial charge in [0.1, 0.15) is 11.4 Å². The Kier molecular flexibility index (Phi) is 6.59. The molecule has 0 unspecified atom stereocenters. The second-order valence-corrected chi connectivity index (χ2v) is 8.85. The summed E-state index contributed by atoms with van der Waals surface area (Å²) < 4.78 is 7.75. The number of amides is 2. The normalized spacial score (nSPS) is 18.6. The summed E-state index contributed by atoms with van der Waals surface area (Å²) in [5.41, 5.74) is 0.339. The molecular weight excluding hydrogens is 392 g/mol. The number of nitrogens with zero attached hydrogens (tertiary/aromatic N) is 4. The van der Waals surface area contributed by atoms with E-state index in [4.69, 9.17) is 4.74 Å². The van der Waals surface area contributed by atoms with Crippen molar-refractivity contribution in [3.63, 3.8) is 0 Å². The first-order chi connectivity index (χ1) is 15.1. The van der Waals surface area contributed by atoms with Crippen LogP contribution >= 0.6 is 0 Å². The van der Waals surface area contributed by atoms with Gasteiger partial charge in [-0.3, -0.25) is 14.3 Å². The highest BCUT2D eigenvalue weighted by Gasteiger charge is 2.40. The van der Waals surface area contributed by atoms with E-state index in [9.17, 15) is 9.59 Å². The van der Waals surface area contributed by atoms with Gasteiger partial charge in [0.2, 0.25) is 5.91 Å². The molecule has 7 heteroatoms. The number of piperidine rings is 2. The van der Waals surface area contributed by atoms with E-state index >= 15 is 0 Å². The molecule has 31 heavy (non-hydrogen) atoms. The Labute approximate surface area is 184 Å². The molecule has 0 aliphatic carbocycles. The molecular formula is C24H32N4O3. The number of aryl methyl sites for hydroxylation is 1. The number of aromatic nitrogens is 2. The molecule has 0 atom stereocenters. The SMILES string of the molecule is Cn1nccc1C(=O)N1CCC(COc2ccccc2)(CC(=O)N2CCCCC2)CC1. The van der Waals surface area contributed by atoms with Gasteiger partial charge >= 0.3 is 0 Å².